The second-order valence-corrected chi connectivity index (χ2v) is 5.36. The van der Waals surface area contributed by atoms with E-state index in [-0.39, 0.29) is 5.91 Å². The van der Waals surface area contributed by atoms with Crippen LogP contribution in [0.25, 0.3) is 0 Å². The summed E-state index contributed by atoms with van der Waals surface area (Å²) < 4.78 is 0. The molecule has 2 rings (SSSR count). The van der Waals surface area contributed by atoms with E-state index in [4.69, 9.17) is 11.6 Å². The maximum atomic E-state index is 12.7. The minimum absolute atomic E-state index is 0.0858. The SMILES string of the molecule is CCNc1ccc(Cl)cc1C(=O)N(C)c1ccc(C)cc1. The van der Waals surface area contributed by atoms with E-state index >= 15 is 0 Å². The predicted molar refractivity (Wildman–Crippen MR) is 89.5 cm³/mol. The molecule has 0 saturated carbocycles. The number of anilines is 2. The summed E-state index contributed by atoms with van der Waals surface area (Å²) in [4.78, 5) is 14.3. The van der Waals surface area contributed by atoms with Crippen LogP contribution in [0.5, 0.6) is 0 Å². The first-order chi connectivity index (χ1) is 10.0. The number of hydrogen-bond donors (Lipinski definition) is 1. The number of halogens is 1. The van der Waals surface area contributed by atoms with Gasteiger partial charge in [0.25, 0.3) is 5.91 Å². The van der Waals surface area contributed by atoms with E-state index in [1.54, 1.807) is 24.1 Å². The minimum Gasteiger partial charge on any atom is -0.385 e. The van der Waals surface area contributed by atoms with Crippen LogP contribution in [0.1, 0.15) is 22.8 Å². The maximum absolute atomic E-state index is 12.7. The van der Waals surface area contributed by atoms with Gasteiger partial charge in [0.05, 0.1) is 5.56 Å². The van der Waals surface area contributed by atoms with Crippen LogP contribution in [-0.4, -0.2) is 19.5 Å². The predicted octanol–water partition coefficient (Wildman–Crippen LogP) is 4.36. The fourth-order valence-corrected chi connectivity index (χ4v) is 2.28. The van der Waals surface area contributed by atoms with E-state index in [0.29, 0.717) is 10.6 Å². The van der Waals surface area contributed by atoms with Gasteiger partial charge in [0.15, 0.2) is 0 Å². The minimum atomic E-state index is -0.0858. The van der Waals surface area contributed by atoms with Crippen molar-refractivity contribution in [3.05, 3.63) is 58.6 Å². The highest BCUT2D eigenvalue weighted by molar-refractivity contribution is 6.31. The Kier molecular flexibility index (Phi) is 4.86. The Labute approximate surface area is 130 Å². The molecule has 0 saturated heterocycles. The monoisotopic (exact) mass is 302 g/mol. The van der Waals surface area contributed by atoms with E-state index in [1.807, 2.05) is 44.2 Å². The molecule has 4 heteroatoms. The molecule has 0 atom stereocenters. The molecular formula is C17H19ClN2O. The second-order valence-electron chi connectivity index (χ2n) is 4.92. The maximum Gasteiger partial charge on any atom is 0.260 e. The van der Waals surface area contributed by atoms with Crippen LogP contribution in [0.3, 0.4) is 0 Å². The first-order valence-electron chi connectivity index (χ1n) is 6.91. The van der Waals surface area contributed by atoms with Crippen molar-refractivity contribution in [2.45, 2.75) is 13.8 Å². The Morgan fingerprint density at radius 2 is 1.86 bits per heavy atom. The lowest BCUT2D eigenvalue weighted by atomic mass is 10.1. The molecule has 0 fully saturated rings. The van der Waals surface area contributed by atoms with Gasteiger partial charge in [-0.15, -0.1) is 0 Å². The van der Waals surface area contributed by atoms with Crippen molar-refractivity contribution in [1.82, 2.24) is 0 Å². The van der Waals surface area contributed by atoms with Crippen LogP contribution in [0, 0.1) is 6.92 Å². The summed E-state index contributed by atoms with van der Waals surface area (Å²) in [5.41, 5.74) is 3.39. The van der Waals surface area contributed by atoms with E-state index in [0.717, 1.165) is 23.5 Å². The van der Waals surface area contributed by atoms with Gasteiger partial charge in [0.2, 0.25) is 0 Å². The zero-order valence-corrected chi connectivity index (χ0v) is 13.2. The molecule has 2 aromatic rings. The van der Waals surface area contributed by atoms with Gasteiger partial charge in [0, 0.05) is 30.0 Å². The zero-order chi connectivity index (χ0) is 15.4. The molecule has 1 amide bonds. The van der Waals surface area contributed by atoms with Crippen molar-refractivity contribution in [2.24, 2.45) is 0 Å². The summed E-state index contributed by atoms with van der Waals surface area (Å²) in [6, 6.07) is 13.2. The largest absolute Gasteiger partial charge is 0.385 e. The van der Waals surface area contributed by atoms with Crippen molar-refractivity contribution in [3.8, 4) is 0 Å². The number of nitrogens with one attached hydrogen (secondary N) is 1. The molecule has 0 aliphatic heterocycles. The number of benzene rings is 2. The average Bonchev–Trinajstić information content (AvgIpc) is 2.48. The lowest BCUT2D eigenvalue weighted by Crippen LogP contribution is -2.27. The standard InChI is InChI=1S/C17H19ClN2O/c1-4-19-16-10-7-13(18)11-15(16)17(21)20(3)14-8-5-12(2)6-9-14/h5-11,19H,4H2,1-3H3. The van der Waals surface area contributed by atoms with Crippen LogP contribution in [0.4, 0.5) is 11.4 Å². The number of aryl methyl sites for hydroxylation is 1. The van der Waals surface area contributed by atoms with E-state index < -0.39 is 0 Å². The summed E-state index contributed by atoms with van der Waals surface area (Å²) in [6.07, 6.45) is 0. The van der Waals surface area contributed by atoms with Gasteiger partial charge in [-0.2, -0.15) is 0 Å². The number of nitrogens with zero attached hydrogens (tertiary/aromatic N) is 1. The number of carbonyl (C=O) groups is 1. The van der Waals surface area contributed by atoms with Crippen molar-refractivity contribution < 1.29 is 4.79 Å². The molecule has 1 N–H and O–H groups in total. The fraction of sp³-hybridized carbons (Fsp3) is 0.235. The third-order valence-corrected chi connectivity index (χ3v) is 3.54. The molecule has 0 unspecified atom stereocenters. The lowest BCUT2D eigenvalue weighted by Gasteiger charge is -2.20. The molecule has 21 heavy (non-hydrogen) atoms. The highest BCUT2D eigenvalue weighted by Gasteiger charge is 2.17. The third-order valence-electron chi connectivity index (χ3n) is 3.31. The Balaban J connectivity index is 2.34. The Bertz CT molecular complexity index is 638. The van der Waals surface area contributed by atoms with Crippen molar-refractivity contribution >= 4 is 28.9 Å². The first kappa shape index (κ1) is 15.4. The van der Waals surface area contributed by atoms with Crippen LogP contribution in [0.15, 0.2) is 42.5 Å². The number of carbonyl (C=O) groups excluding carboxylic acids is 1. The summed E-state index contributed by atoms with van der Waals surface area (Å²) >= 11 is 6.03. The zero-order valence-electron chi connectivity index (χ0n) is 12.5. The van der Waals surface area contributed by atoms with Crippen LogP contribution in [0.2, 0.25) is 5.02 Å². The van der Waals surface area contributed by atoms with Crippen molar-refractivity contribution in [2.75, 3.05) is 23.8 Å². The van der Waals surface area contributed by atoms with Gasteiger partial charge in [-0.3, -0.25) is 4.79 Å². The fourth-order valence-electron chi connectivity index (χ4n) is 2.10. The molecule has 0 heterocycles. The van der Waals surface area contributed by atoms with Crippen molar-refractivity contribution in [3.63, 3.8) is 0 Å². The Hall–Kier alpha value is -2.00. The van der Waals surface area contributed by atoms with Crippen molar-refractivity contribution in [1.29, 1.82) is 0 Å². The molecule has 0 aliphatic rings. The van der Waals surface area contributed by atoms with Crippen LogP contribution >= 0.6 is 11.6 Å². The highest BCUT2D eigenvalue weighted by atomic mass is 35.5. The molecule has 0 aliphatic carbocycles. The summed E-state index contributed by atoms with van der Waals surface area (Å²) in [6.45, 7) is 4.76. The van der Waals surface area contributed by atoms with Gasteiger partial charge >= 0.3 is 0 Å². The van der Waals surface area contributed by atoms with Crippen LogP contribution < -0.4 is 10.2 Å². The van der Waals surface area contributed by atoms with Gasteiger partial charge in [0.1, 0.15) is 0 Å². The molecule has 2 aromatic carbocycles. The van der Waals surface area contributed by atoms with Gasteiger partial charge < -0.3 is 10.2 Å². The Morgan fingerprint density at radius 1 is 1.19 bits per heavy atom. The summed E-state index contributed by atoms with van der Waals surface area (Å²) in [7, 11) is 1.77. The number of hydrogen-bond acceptors (Lipinski definition) is 2. The number of amides is 1. The smallest absolute Gasteiger partial charge is 0.260 e. The Morgan fingerprint density at radius 3 is 2.48 bits per heavy atom. The molecule has 0 radical (unpaired) electrons. The van der Waals surface area contributed by atoms with Gasteiger partial charge in [-0.1, -0.05) is 29.3 Å². The summed E-state index contributed by atoms with van der Waals surface area (Å²) in [5, 5.41) is 3.75. The summed E-state index contributed by atoms with van der Waals surface area (Å²) in [5.74, 6) is -0.0858. The quantitative estimate of drug-likeness (QED) is 0.910. The van der Waals surface area contributed by atoms with E-state index in [2.05, 4.69) is 5.32 Å². The van der Waals surface area contributed by atoms with Gasteiger partial charge in [-0.25, -0.2) is 0 Å². The lowest BCUT2D eigenvalue weighted by molar-refractivity contribution is 0.0994. The molecule has 3 nitrogen and oxygen atoms in total. The molecule has 0 bridgehead atoms. The number of rotatable bonds is 4. The van der Waals surface area contributed by atoms with Gasteiger partial charge in [-0.05, 0) is 44.2 Å². The highest BCUT2D eigenvalue weighted by Crippen LogP contribution is 2.24. The molecule has 110 valence electrons. The first-order valence-corrected chi connectivity index (χ1v) is 7.29. The molecule has 0 spiro atoms. The van der Waals surface area contributed by atoms with E-state index in [1.165, 1.54) is 0 Å². The molecular weight excluding hydrogens is 284 g/mol. The second kappa shape index (κ2) is 6.64. The topological polar surface area (TPSA) is 32.3 Å². The normalized spacial score (nSPS) is 10.3. The van der Waals surface area contributed by atoms with E-state index in [9.17, 15) is 4.79 Å². The van der Waals surface area contributed by atoms with Crippen LogP contribution in [-0.2, 0) is 0 Å². The average molecular weight is 303 g/mol. The third kappa shape index (κ3) is 3.56. The molecule has 0 aromatic heterocycles.